The van der Waals surface area contributed by atoms with Gasteiger partial charge in [0.25, 0.3) is 5.91 Å². The van der Waals surface area contributed by atoms with Gasteiger partial charge in [-0.05, 0) is 26.2 Å². The highest BCUT2D eigenvalue weighted by Crippen LogP contribution is 2.24. The molecule has 1 aromatic rings. The molecule has 0 saturated heterocycles. The molecule has 5 nitrogen and oxygen atoms in total. The molecule has 1 aliphatic rings. The summed E-state index contributed by atoms with van der Waals surface area (Å²) in [6, 6.07) is 0.204. The SMILES string of the molecule is COC1CCC(NC(=O)c2sc(N)nc2C)C1. The molecule has 94 valence electrons. The molecular formula is C11H17N3O2S. The second-order valence-electron chi connectivity index (χ2n) is 4.31. The third kappa shape index (κ3) is 2.76. The quantitative estimate of drug-likeness (QED) is 0.854. The zero-order valence-electron chi connectivity index (χ0n) is 10.0. The van der Waals surface area contributed by atoms with Crippen LogP contribution in [-0.4, -0.2) is 30.1 Å². The molecule has 0 aliphatic heterocycles. The average Bonchev–Trinajstić information content (AvgIpc) is 2.85. The minimum atomic E-state index is -0.0709. The number of nitrogens with one attached hydrogen (secondary N) is 1. The minimum absolute atomic E-state index is 0.0709. The van der Waals surface area contributed by atoms with Crippen LogP contribution in [-0.2, 0) is 4.74 Å². The minimum Gasteiger partial charge on any atom is -0.381 e. The lowest BCUT2D eigenvalue weighted by Gasteiger charge is -2.12. The number of rotatable bonds is 3. The van der Waals surface area contributed by atoms with Crippen LogP contribution in [0.2, 0.25) is 0 Å². The van der Waals surface area contributed by atoms with E-state index >= 15 is 0 Å². The predicted molar refractivity (Wildman–Crippen MR) is 67.2 cm³/mol. The molecule has 2 atom stereocenters. The predicted octanol–water partition coefficient (Wildman–Crippen LogP) is 1.33. The van der Waals surface area contributed by atoms with E-state index in [1.54, 1.807) is 14.0 Å². The van der Waals surface area contributed by atoms with E-state index in [-0.39, 0.29) is 18.1 Å². The molecule has 1 aromatic heterocycles. The van der Waals surface area contributed by atoms with E-state index in [2.05, 4.69) is 10.3 Å². The molecule has 1 heterocycles. The summed E-state index contributed by atoms with van der Waals surface area (Å²) in [7, 11) is 1.71. The van der Waals surface area contributed by atoms with E-state index in [0.29, 0.717) is 15.7 Å². The highest BCUT2D eigenvalue weighted by molar-refractivity contribution is 7.17. The zero-order chi connectivity index (χ0) is 12.4. The van der Waals surface area contributed by atoms with E-state index in [9.17, 15) is 4.79 Å². The van der Waals surface area contributed by atoms with Gasteiger partial charge in [0.05, 0.1) is 11.8 Å². The molecule has 1 fully saturated rings. The Morgan fingerprint density at radius 2 is 2.35 bits per heavy atom. The molecule has 1 amide bonds. The number of carbonyl (C=O) groups is 1. The summed E-state index contributed by atoms with van der Waals surface area (Å²) < 4.78 is 5.28. The summed E-state index contributed by atoms with van der Waals surface area (Å²) in [5, 5.41) is 3.45. The molecule has 0 bridgehead atoms. The van der Waals surface area contributed by atoms with Gasteiger partial charge >= 0.3 is 0 Å². The first-order valence-electron chi connectivity index (χ1n) is 5.66. The van der Waals surface area contributed by atoms with Crippen LogP contribution < -0.4 is 11.1 Å². The summed E-state index contributed by atoms with van der Waals surface area (Å²) in [4.78, 5) is 16.7. The third-order valence-electron chi connectivity index (χ3n) is 3.07. The number of thiazole rings is 1. The van der Waals surface area contributed by atoms with Crippen LogP contribution >= 0.6 is 11.3 Å². The number of aryl methyl sites for hydroxylation is 1. The van der Waals surface area contributed by atoms with Crippen LogP contribution in [0.3, 0.4) is 0 Å². The van der Waals surface area contributed by atoms with Crippen molar-refractivity contribution in [2.24, 2.45) is 0 Å². The Kier molecular flexibility index (Phi) is 3.63. The van der Waals surface area contributed by atoms with Crippen LogP contribution in [0.5, 0.6) is 0 Å². The van der Waals surface area contributed by atoms with Crippen molar-refractivity contribution in [3.63, 3.8) is 0 Å². The Morgan fingerprint density at radius 1 is 1.59 bits per heavy atom. The second-order valence-corrected chi connectivity index (χ2v) is 5.34. The number of carbonyl (C=O) groups excluding carboxylic acids is 1. The van der Waals surface area contributed by atoms with Crippen molar-refractivity contribution in [3.05, 3.63) is 10.6 Å². The highest BCUT2D eigenvalue weighted by atomic mass is 32.1. The number of methoxy groups -OCH3 is 1. The topological polar surface area (TPSA) is 77.2 Å². The summed E-state index contributed by atoms with van der Waals surface area (Å²) in [5.41, 5.74) is 6.28. The fraction of sp³-hybridized carbons (Fsp3) is 0.636. The Labute approximate surface area is 104 Å². The molecule has 0 aromatic carbocycles. The van der Waals surface area contributed by atoms with Crippen LogP contribution in [0.1, 0.15) is 34.6 Å². The van der Waals surface area contributed by atoms with Gasteiger partial charge in [0.2, 0.25) is 0 Å². The summed E-state index contributed by atoms with van der Waals surface area (Å²) in [6.07, 6.45) is 3.13. The summed E-state index contributed by atoms with van der Waals surface area (Å²) in [6.45, 7) is 1.80. The molecule has 0 radical (unpaired) electrons. The summed E-state index contributed by atoms with van der Waals surface area (Å²) in [5.74, 6) is -0.0709. The van der Waals surface area contributed by atoms with E-state index in [4.69, 9.17) is 10.5 Å². The first-order valence-corrected chi connectivity index (χ1v) is 6.48. The van der Waals surface area contributed by atoms with E-state index < -0.39 is 0 Å². The Morgan fingerprint density at radius 3 is 2.88 bits per heavy atom. The molecular weight excluding hydrogens is 238 g/mol. The van der Waals surface area contributed by atoms with Gasteiger partial charge < -0.3 is 15.8 Å². The molecule has 1 saturated carbocycles. The normalized spacial score (nSPS) is 23.9. The maximum atomic E-state index is 12.0. The van der Waals surface area contributed by atoms with Gasteiger partial charge in [-0.15, -0.1) is 0 Å². The van der Waals surface area contributed by atoms with Crippen LogP contribution in [0.4, 0.5) is 5.13 Å². The van der Waals surface area contributed by atoms with Crippen molar-refractivity contribution in [1.82, 2.24) is 10.3 Å². The van der Waals surface area contributed by atoms with E-state index in [1.807, 2.05) is 0 Å². The van der Waals surface area contributed by atoms with Crippen molar-refractivity contribution in [2.45, 2.75) is 38.3 Å². The monoisotopic (exact) mass is 255 g/mol. The number of aromatic nitrogens is 1. The maximum Gasteiger partial charge on any atom is 0.263 e. The summed E-state index contributed by atoms with van der Waals surface area (Å²) >= 11 is 1.24. The molecule has 6 heteroatoms. The van der Waals surface area contributed by atoms with E-state index in [1.165, 1.54) is 11.3 Å². The van der Waals surface area contributed by atoms with Gasteiger partial charge in [0, 0.05) is 13.2 Å². The lowest BCUT2D eigenvalue weighted by molar-refractivity contribution is 0.0918. The molecule has 2 rings (SSSR count). The number of hydrogen-bond acceptors (Lipinski definition) is 5. The number of nitrogens with zero attached hydrogens (tertiary/aromatic N) is 1. The van der Waals surface area contributed by atoms with Crippen LogP contribution in [0.15, 0.2) is 0 Å². The van der Waals surface area contributed by atoms with Gasteiger partial charge in [-0.1, -0.05) is 11.3 Å². The van der Waals surface area contributed by atoms with Gasteiger partial charge in [-0.3, -0.25) is 4.79 Å². The standard InChI is InChI=1S/C11H17N3O2S/c1-6-9(17-11(12)13-6)10(15)14-7-3-4-8(5-7)16-2/h7-8H,3-5H2,1-2H3,(H2,12,13)(H,14,15). The largest absolute Gasteiger partial charge is 0.381 e. The molecule has 0 spiro atoms. The average molecular weight is 255 g/mol. The Balaban J connectivity index is 1.96. The lowest BCUT2D eigenvalue weighted by Crippen LogP contribution is -2.33. The van der Waals surface area contributed by atoms with Crippen LogP contribution in [0, 0.1) is 6.92 Å². The molecule has 2 unspecified atom stereocenters. The third-order valence-corrected chi connectivity index (χ3v) is 4.06. The van der Waals surface area contributed by atoms with Gasteiger partial charge in [-0.25, -0.2) is 4.98 Å². The van der Waals surface area contributed by atoms with Gasteiger partial charge in [-0.2, -0.15) is 0 Å². The van der Waals surface area contributed by atoms with Gasteiger partial charge in [0.1, 0.15) is 4.88 Å². The number of nitrogen functional groups attached to an aromatic ring is 1. The Hall–Kier alpha value is -1.14. The molecule has 1 aliphatic carbocycles. The molecule has 3 N–H and O–H groups in total. The fourth-order valence-electron chi connectivity index (χ4n) is 2.16. The molecule has 17 heavy (non-hydrogen) atoms. The van der Waals surface area contributed by atoms with Crippen LogP contribution in [0.25, 0.3) is 0 Å². The fourth-order valence-corrected chi connectivity index (χ4v) is 2.90. The number of amides is 1. The first kappa shape index (κ1) is 12.3. The maximum absolute atomic E-state index is 12.0. The van der Waals surface area contributed by atoms with Crippen molar-refractivity contribution in [1.29, 1.82) is 0 Å². The highest BCUT2D eigenvalue weighted by Gasteiger charge is 2.26. The lowest BCUT2D eigenvalue weighted by atomic mass is 10.2. The van der Waals surface area contributed by atoms with Crippen molar-refractivity contribution < 1.29 is 9.53 Å². The number of nitrogens with two attached hydrogens (primary N) is 1. The van der Waals surface area contributed by atoms with Crippen molar-refractivity contribution >= 4 is 22.4 Å². The number of hydrogen-bond donors (Lipinski definition) is 2. The van der Waals surface area contributed by atoms with E-state index in [0.717, 1.165) is 19.3 Å². The second kappa shape index (κ2) is 5.01. The zero-order valence-corrected chi connectivity index (χ0v) is 10.8. The van der Waals surface area contributed by atoms with Crippen molar-refractivity contribution in [2.75, 3.05) is 12.8 Å². The number of ether oxygens (including phenoxy) is 1. The number of anilines is 1. The Bertz CT molecular complexity index is 419. The first-order chi connectivity index (χ1) is 8.10. The smallest absolute Gasteiger partial charge is 0.263 e. The van der Waals surface area contributed by atoms with Gasteiger partial charge in [0.15, 0.2) is 5.13 Å². The van der Waals surface area contributed by atoms with Crippen molar-refractivity contribution in [3.8, 4) is 0 Å².